The van der Waals surface area contributed by atoms with Crippen LogP contribution in [0.15, 0.2) is 4.42 Å². The molecule has 0 saturated heterocycles. The molecule has 0 aliphatic rings. The van der Waals surface area contributed by atoms with Crippen LogP contribution in [0.3, 0.4) is 0 Å². The maximum Gasteiger partial charge on any atom is 0.105 e. The molecule has 3 heteroatoms. The molecule has 0 saturated carbocycles. The van der Waals surface area contributed by atoms with Gasteiger partial charge in [0.1, 0.15) is 11.5 Å². The van der Waals surface area contributed by atoms with Crippen LogP contribution in [0.25, 0.3) is 0 Å². The van der Waals surface area contributed by atoms with Crippen molar-refractivity contribution >= 4 is 0 Å². The summed E-state index contributed by atoms with van der Waals surface area (Å²) in [6, 6.07) is 0. The summed E-state index contributed by atoms with van der Waals surface area (Å²) in [6.45, 7) is 9.25. The molecule has 3 nitrogen and oxygen atoms in total. The van der Waals surface area contributed by atoms with Gasteiger partial charge in [-0.2, -0.15) is 0 Å². The van der Waals surface area contributed by atoms with Crippen LogP contribution >= 0.6 is 0 Å². The summed E-state index contributed by atoms with van der Waals surface area (Å²) in [4.78, 5) is 2.31. The van der Waals surface area contributed by atoms with E-state index in [1.54, 1.807) is 0 Å². The lowest BCUT2D eigenvalue weighted by Gasteiger charge is -2.16. The van der Waals surface area contributed by atoms with Crippen molar-refractivity contribution in [1.82, 2.24) is 10.2 Å². The molecule has 0 bridgehead atoms. The van der Waals surface area contributed by atoms with Crippen LogP contribution in [0.1, 0.15) is 22.6 Å². The third-order valence-electron chi connectivity index (χ3n) is 2.88. The molecule has 0 spiro atoms. The number of rotatable bonds is 5. The number of aryl methyl sites for hydroxylation is 2. The zero-order valence-electron chi connectivity index (χ0n) is 10.5. The van der Waals surface area contributed by atoms with E-state index in [0.717, 1.165) is 31.2 Å². The van der Waals surface area contributed by atoms with Crippen LogP contribution in [0.2, 0.25) is 0 Å². The Morgan fingerprint density at radius 1 is 1.20 bits per heavy atom. The SMILES string of the molecule is CNCCN(C)Cc1c(C)oc(C)c1C. The Balaban J connectivity index is 2.63. The maximum absolute atomic E-state index is 5.61. The fraction of sp³-hybridized carbons (Fsp3) is 0.667. The molecular weight excluding hydrogens is 188 g/mol. The van der Waals surface area contributed by atoms with Gasteiger partial charge in [-0.25, -0.2) is 0 Å². The lowest BCUT2D eigenvalue weighted by molar-refractivity contribution is 0.325. The molecule has 0 unspecified atom stereocenters. The van der Waals surface area contributed by atoms with Crippen molar-refractivity contribution in [2.24, 2.45) is 0 Å². The van der Waals surface area contributed by atoms with Gasteiger partial charge in [0.05, 0.1) is 0 Å². The minimum Gasteiger partial charge on any atom is -0.466 e. The highest BCUT2D eigenvalue weighted by atomic mass is 16.3. The molecule has 1 heterocycles. The van der Waals surface area contributed by atoms with Gasteiger partial charge in [0.15, 0.2) is 0 Å². The highest BCUT2D eigenvalue weighted by Gasteiger charge is 2.12. The lowest BCUT2D eigenvalue weighted by atomic mass is 10.1. The number of hydrogen-bond acceptors (Lipinski definition) is 3. The second-order valence-corrected chi connectivity index (χ2v) is 4.16. The first-order valence-corrected chi connectivity index (χ1v) is 5.45. The van der Waals surface area contributed by atoms with Gasteiger partial charge in [-0.1, -0.05) is 0 Å². The molecular formula is C12H22N2O. The Hall–Kier alpha value is -0.800. The lowest BCUT2D eigenvalue weighted by Crippen LogP contribution is -2.27. The minimum absolute atomic E-state index is 0.969. The van der Waals surface area contributed by atoms with E-state index in [9.17, 15) is 0 Å². The molecule has 1 N–H and O–H groups in total. The second-order valence-electron chi connectivity index (χ2n) is 4.16. The molecule has 0 aliphatic carbocycles. The van der Waals surface area contributed by atoms with Gasteiger partial charge >= 0.3 is 0 Å². The standard InChI is InChI=1S/C12H22N2O/c1-9-10(2)15-11(3)12(9)8-14(5)7-6-13-4/h13H,6-8H2,1-5H3. The quantitative estimate of drug-likeness (QED) is 0.804. The molecule has 0 aromatic carbocycles. The van der Waals surface area contributed by atoms with Crippen molar-refractivity contribution in [2.45, 2.75) is 27.3 Å². The van der Waals surface area contributed by atoms with Crippen LogP contribution in [-0.4, -0.2) is 32.1 Å². The van der Waals surface area contributed by atoms with Gasteiger partial charge in [-0.15, -0.1) is 0 Å². The van der Waals surface area contributed by atoms with Crippen LogP contribution in [0, 0.1) is 20.8 Å². The number of nitrogens with zero attached hydrogens (tertiary/aromatic N) is 1. The highest BCUT2D eigenvalue weighted by molar-refractivity contribution is 5.31. The predicted molar refractivity (Wildman–Crippen MR) is 63.2 cm³/mol. The van der Waals surface area contributed by atoms with Gasteiger partial charge in [0, 0.05) is 25.2 Å². The minimum atomic E-state index is 0.969. The molecule has 1 rings (SSSR count). The highest BCUT2D eigenvalue weighted by Crippen LogP contribution is 2.21. The number of furan rings is 1. The first-order chi connectivity index (χ1) is 7.06. The Kier molecular flexibility index (Phi) is 4.36. The molecule has 0 aliphatic heterocycles. The zero-order chi connectivity index (χ0) is 11.4. The van der Waals surface area contributed by atoms with Crippen molar-refractivity contribution in [1.29, 1.82) is 0 Å². The molecule has 15 heavy (non-hydrogen) atoms. The fourth-order valence-corrected chi connectivity index (χ4v) is 1.73. The topological polar surface area (TPSA) is 28.4 Å². The number of hydrogen-bond donors (Lipinski definition) is 1. The monoisotopic (exact) mass is 210 g/mol. The van der Waals surface area contributed by atoms with Gasteiger partial charge in [-0.05, 0) is 40.4 Å². The summed E-state index contributed by atoms with van der Waals surface area (Å²) in [5, 5.41) is 3.15. The van der Waals surface area contributed by atoms with Crippen molar-refractivity contribution in [3.63, 3.8) is 0 Å². The van der Waals surface area contributed by atoms with E-state index < -0.39 is 0 Å². The van der Waals surface area contributed by atoms with Crippen LogP contribution in [0.4, 0.5) is 0 Å². The van der Waals surface area contributed by atoms with E-state index in [2.05, 4.69) is 24.2 Å². The first kappa shape index (κ1) is 12.3. The summed E-state index contributed by atoms with van der Waals surface area (Å²) < 4.78 is 5.61. The van der Waals surface area contributed by atoms with E-state index in [1.165, 1.54) is 11.1 Å². The van der Waals surface area contributed by atoms with Crippen molar-refractivity contribution in [3.8, 4) is 0 Å². The molecule has 0 fully saturated rings. The predicted octanol–water partition coefficient (Wildman–Crippen LogP) is 1.86. The largest absolute Gasteiger partial charge is 0.466 e. The van der Waals surface area contributed by atoms with E-state index in [1.807, 2.05) is 20.9 Å². The normalized spacial score (nSPS) is 11.3. The molecule has 86 valence electrons. The van der Waals surface area contributed by atoms with Gasteiger partial charge < -0.3 is 14.6 Å². The summed E-state index contributed by atoms with van der Waals surface area (Å²) in [7, 11) is 4.12. The van der Waals surface area contributed by atoms with E-state index in [-0.39, 0.29) is 0 Å². The Morgan fingerprint density at radius 3 is 2.33 bits per heavy atom. The summed E-state index contributed by atoms with van der Waals surface area (Å²) in [6.07, 6.45) is 0. The second kappa shape index (κ2) is 5.33. The van der Waals surface area contributed by atoms with E-state index in [0.29, 0.717) is 0 Å². The third kappa shape index (κ3) is 3.08. The average molecular weight is 210 g/mol. The fourth-order valence-electron chi connectivity index (χ4n) is 1.73. The smallest absolute Gasteiger partial charge is 0.105 e. The van der Waals surface area contributed by atoms with E-state index >= 15 is 0 Å². The van der Waals surface area contributed by atoms with Crippen LogP contribution in [0.5, 0.6) is 0 Å². The molecule has 0 atom stereocenters. The van der Waals surface area contributed by atoms with Gasteiger partial charge in [0.2, 0.25) is 0 Å². The number of nitrogens with one attached hydrogen (secondary N) is 1. The summed E-state index contributed by atoms with van der Waals surface area (Å²) >= 11 is 0. The van der Waals surface area contributed by atoms with Crippen molar-refractivity contribution in [2.75, 3.05) is 27.2 Å². The molecule has 0 amide bonds. The third-order valence-corrected chi connectivity index (χ3v) is 2.88. The van der Waals surface area contributed by atoms with Crippen molar-refractivity contribution < 1.29 is 4.42 Å². The maximum atomic E-state index is 5.61. The average Bonchev–Trinajstić information content (AvgIpc) is 2.42. The zero-order valence-corrected chi connectivity index (χ0v) is 10.5. The Labute approximate surface area is 92.5 Å². The van der Waals surface area contributed by atoms with Crippen LogP contribution < -0.4 is 5.32 Å². The van der Waals surface area contributed by atoms with Crippen molar-refractivity contribution in [3.05, 3.63) is 22.6 Å². The first-order valence-electron chi connectivity index (χ1n) is 5.45. The molecule has 0 radical (unpaired) electrons. The Morgan fingerprint density at radius 2 is 1.87 bits per heavy atom. The Bertz CT molecular complexity index is 318. The summed E-state index contributed by atoms with van der Waals surface area (Å²) in [5.74, 6) is 2.10. The summed E-state index contributed by atoms with van der Waals surface area (Å²) in [5.41, 5.74) is 2.63. The van der Waals surface area contributed by atoms with Crippen LogP contribution in [-0.2, 0) is 6.54 Å². The van der Waals surface area contributed by atoms with E-state index in [4.69, 9.17) is 4.42 Å². The van der Waals surface area contributed by atoms with Gasteiger partial charge in [0.25, 0.3) is 0 Å². The molecule has 1 aromatic rings. The molecule has 1 aromatic heterocycles. The van der Waals surface area contributed by atoms with Gasteiger partial charge in [-0.3, -0.25) is 0 Å². The number of likely N-dealkylation sites (N-methyl/N-ethyl adjacent to an activating group) is 2.